The Bertz CT molecular complexity index is 1110. The molecule has 0 amide bonds. The number of hydrogen-bond donors (Lipinski definition) is 1. The molecule has 7 heteroatoms. The van der Waals surface area contributed by atoms with Crippen LogP contribution in [0.2, 0.25) is 0 Å². The molecule has 0 saturated carbocycles. The van der Waals surface area contributed by atoms with Gasteiger partial charge in [0.2, 0.25) is 0 Å². The predicted molar refractivity (Wildman–Crippen MR) is 105 cm³/mol. The highest BCUT2D eigenvalue weighted by Gasteiger charge is 2.18. The SMILES string of the molecule is COC(=O)/C=C/c1cc(C(=O)OC)c(O)c2ncc(Cc3ccc(F)cc3)cc12. The zero-order valence-corrected chi connectivity index (χ0v) is 15.8. The first-order valence-electron chi connectivity index (χ1n) is 8.66. The molecule has 0 saturated heterocycles. The molecule has 0 aliphatic heterocycles. The van der Waals surface area contributed by atoms with Crippen molar-refractivity contribution in [2.75, 3.05) is 14.2 Å². The number of hydrogen-bond acceptors (Lipinski definition) is 6. The number of fused-ring (bicyclic) bond motifs is 1. The van der Waals surface area contributed by atoms with E-state index in [4.69, 9.17) is 4.74 Å². The van der Waals surface area contributed by atoms with Gasteiger partial charge in [-0.25, -0.2) is 14.0 Å². The first-order valence-corrected chi connectivity index (χ1v) is 8.66. The molecule has 1 N–H and O–H groups in total. The van der Waals surface area contributed by atoms with Gasteiger partial charge in [0.15, 0.2) is 5.75 Å². The van der Waals surface area contributed by atoms with Crippen LogP contribution < -0.4 is 0 Å². The van der Waals surface area contributed by atoms with Crippen LogP contribution in [0, 0.1) is 5.82 Å². The van der Waals surface area contributed by atoms with E-state index in [1.807, 2.05) is 0 Å². The molecule has 0 spiro atoms. The van der Waals surface area contributed by atoms with Crippen LogP contribution in [-0.4, -0.2) is 36.2 Å². The Morgan fingerprint density at radius 3 is 2.48 bits per heavy atom. The summed E-state index contributed by atoms with van der Waals surface area (Å²) in [6.45, 7) is 0. The van der Waals surface area contributed by atoms with Crippen molar-refractivity contribution in [2.24, 2.45) is 0 Å². The minimum absolute atomic E-state index is 0.0664. The summed E-state index contributed by atoms with van der Waals surface area (Å²) in [4.78, 5) is 27.8. The van der Waals surface area contributed by atoms with Crippen molar-refractivity contribution < 1.29 is 28.6 Å². The lowest BCUT2D eigenvalue weighted by Crippen LogP contribution is -2.04. The molecule has 0 fully saturated rings. The zero-order chi connectivity index (χ0) is 21.0. The molecular weight excluding hydrogens is 377 g/mol. The fourth-order valence-corrected chi connectivity index (χ4v) is 2.91. The summed E-state index contributed by atoms with van der Waals surface area (Å²) < 4.78 is 22.4. The minimum Gasteiger partial charge on any atom is -0.505 e. The number of pyridine rings is 1. The van der Waals surface area contributed by atoms with Gasteiger partial charge in [-0.15, -0.1) is 0 Å². The van der Waals surface area contributed by atoms with E-state index in [0.29, 0.717) is 17.4 Å². The maximum atomic E-state index is 13.1. The van der Waals surface area contributed by atoms with Crippen molar-refractivity contribution in [2.45, 2.75) is 6.42 Å². The Kier molecular flexibility index (Phi) is 5.87. The Morgan fingerprint density at radius 2 is 1.83 bits per heavy atom. The van der Waals surface area contributed by atoms with Crippen LogP contribution in [0.15, 0.2) is 48.7 Å². The molecule has 0 bridgehead atoms. The fourth-order valence-electron chi connectivity index (χ4n) is 2.91. The average Bonchev–Trinajstić information content (AvgIpc) is 2.74. The number of halogens is 1. The first kappa shape index (κ1) is 20.0. The van der Waals surface area contributed by atoms with Gasteiger partial charge in [-0.1, -0.05) is 12.1 Å². The van der Waals surface area contributed by atoms with E-state index in [1.54, 1.807) is 24.4 Å². The highest BCUT2D eigenvalue weighted by atomic mass is 19.1. The molecular formula is C22H18FNO5. The van der Waals surface area contributed by atoms with Crippen LogP contribution >= 0.6 is 0 Å². The summed E-state index contributed by atoms with van der Waals surface area (Å²) in [7, 11) is 2.46. The molecule has 1 heterocycles. The normalized spacial score (nSPS) is 11.0. The van der Waals surface area contributed by atoms with Gasteiger partial charge < -0.3 is 14.6 Å². The zero-order valence-electron chi connectivity index (χ0n) is 15.8. The second-order valence-corrected chi connectivity index (χ2v) is 6.25. The van der Waals surface area contributed by atoms with E-state index < -0.39 is 11.9 Å². The van der Waals surface area contributed by atoms with E-state index in [-0.39, 0.29) is 22.6 Å². The van der Waals surface area contributed by atoms with Crippen molar-refractivity contribution in [1.82, 2.24) is 4.98 Å². The van der Waals surface area contributed by atoms with Crippen LogP contribution in [0.25, 0.3) is 17.0 Å². The lowest BCUT2D eigenvalue weighted by atomic mass is 9.99. The molecule has 0 radical (unpaired) electrons. The summed E-state index contributed by atoms with van der Waals surface area (Å²) in [5, 5.41) is 11.0. The summed E-state index contributed by atoms with van der Waals surface area (Å²) in [5.41, 5.74) is 2.30. The third-order valence-corrected chi connectivity index (χ3v) is 4.36. The number of phenolic OH excluding ortho intramolecular Hbond substituents is 1. The van der Waals surface area contributed by atoms with Crippen LogP contribution in [0.1, 0.15) is 27.0 Å². The van der Waals surface area contributed by atoms with Gasteiger partial charge in [0.05, 0.1) is 14.2 Å². The molecule has 148 valence electrons. The molecule has 0 atom stereocenters. The van der Waals surface area contributed by atoms with Crippen LogP contribution in [0.3, 0.4) is 0 Å². The molecule has 29 heavy (non-hydrogen) atoms. The molecule has 0 aliphatic rings. The Hall–Kier alpha value is -3.74. The Morgan fingerprint density at radius 1 is 1.10 bits per heavy atom. The number of rotatable bonds is 5. The van der Waals surface area contributed by atoms with Crippen molar-refractivity contribution in [1.29, 1.82) is 0 Å². The van der Waals surface area contributed by atoms with Crippen LogP contribution in [0.5, 0.6) is 5.75 Å². The van der Waals surface area contributed by atoms with Gasteiger partial charge in [-0.2, -0.15) is 0 Å². The minimum atomic E-state index is -0.727. The smallest absolute Gasteiger partial charge is 0.341 e. The van der Waals surface area contributed by atoms with E-state index in [1.165, 1.54) is 44.6 Å². The number of ether oxygens (including phenoxy) is 2. The van der Waals surface area contributed by atoms with E-state index >= 15 is 0 Å². The summed E-state index contributed by atoms with van der Waals surface area (Å²) in [6, 6.07) is 9.33. The lowest BCUT2D eigenvalue weighted by molar-refractivity contribution is -0.134. The van der Waals surface area contributed by atoms with E-state index in [9.17, 15) is 19.1 Å². The number of methoxy groups -OCH3 is 2. The largest absolute Gasteiger partial charge is 0.505 e. The molecule has 3 aromatic rings. The first-order chi connectivity index (χ1) is 13.9. The molecule has 6 nitrogen and oxygen atoms in total. The fraction of sp³-hybridized carbons (Fsp3) is 0.136. The average molecular weight is 395 g/mol. The van der Waals surface area contributed by atoms with Crippen molar-refractivity contribution in [3.63, 3.8) is 0 Å². The second kappa shape index (κ2) is 8.52. The number of benzene rings is 2. The third-order valence-electron chi connectivity index (χ3n) is 4.36. The maximum Gasteiger partial charge on any atom is 0.341 e. The van der Waals surface area contributed by atoms with Gasteiger partial charge in [-0.3, -0.25) is 4.98 Å². The van der Waals surface area contributed by atoms with Crippen LogP contribution in [0.4, 0.5) is 4.39 Å². The maximum absolute atomic E-state index is 13.1. The van der Waals surface area contributed by atoms with Crippen molar-refractivity contribution >= 4 is 28.9 Å². The number of phenols is 1. The van der Waals surface area contributed by atoms with Crippen molar-refractivity contribution in [3.05, 3.63) is 76.7 Å². The highest BCUT2D eigenvalue weighted by Crippen LogP contribution is 2.32. The van der Waals surface area contributed by atoms with E-state index in [2.05, 4.69) is 9.72 Å². The van der Waals surface area contributed by atoms with Gasteiger partial charge in [-0.05, 0) is 53.5 Å². The topological polar surface area (TPSA) is 85.7 Å². The Labute approximate surface area is 166 Å². The summed E-state index contributed by atoms with van der Waals surface area (Å²) >= 11 is 0. The van der Waals surface area contributed by atoms with Gasteiger partial charge in [0.25, 0.3) is 0 Å². The number of carbonyl (C=O) groups excluding carboxylic acids is 2. The number of nitrogens with zero attached hydrogens (tertiary/aromatic N) is 1. The third kappa shape index (κ3) is 4.40. The molecule has 0 unspecified atom stereocenters. The van der Waals surface area contributed by atoms with Gasteiger partial charge in [0, 0.05) is 17.7 Å². The predicted octanol–water partition coefficient (Wildman–Crippen LogP) is 3.64. The highest BCUT2D eigenvalue weighted by molar-refractivity contribution is 6.04. The number of esters is 2. The van der Waals surface area contributed by atoms with Gasteiger partial charge >= 0.3 is 11.9 Å². The number of aromatic nitrogens is 1. The molecule has 1 aromatic heterocycles. The number of carbonyl (C=O) groups is 2. The Balaban J connectivity index is 2.13. The second-order valence-electron chi connectivity index (χ2n) is 6.25. The quantitative estimate of drug-likeness (QED) is 0.524. The van der Waals surface area contributed by atoms with Crippen molar-refractivity contribution in [3.8, 4) is 5.75 Å². The molecule has 0 aliphatic carbocycles. The van der Waals surface area contributed by atoms with Crippen LogP contribution in [-0.2, 0) is 20.7 Å². The molecule has 2 aromatic carbocycles. The standard InChI is InChI=1S/C22H18FNO5/c1-28-19(25)8-5-15-11-18(22(27)29-2)21(26)20-17(15)10-14(12-24-20)9-13-3-6-16(23)7-4-13/h3-8,10-12,26H,9H2,1-2H3/b8-5+. The number of aromatic hydroxyl groups is 1. The summed E-state index contributed by atoms with van der Waals surface area (Å²) in [6.07, 6.45) is 4.74. The van der Waals surface area contributed by atoms with E-state index in [0.717, 1.165) is 11.1 Å². The van der Waals surface area contributed by atoms with Gasteiger partial charge in [0.1, 0.15) is 16.9 Å². The lowest BCUT2D eigenvalue weighted by Gasteiger charge is -2.11. The molecule has 3 rings (SSSR count). The monoisotopic (exact) mass is 395 g/mol. The summed E-state index contributed by atoms with van der Waals surface area (Å²) in [5.74, 6) is -1.92.